The van der Waals surface area contributed by atoms with E-state index in [-0.39, 0.29) is 0 Å². The van der Waals surface area contributed by atoms with Crippen LogP contribution in [0.3, 0.4) is 0 Å². The van der Waals surface area contributed by atoms with Crippen molar-refractivity contribution in [1.82, 2.24) is 0 Å². The van der Waals surface area contributed by atoms with Crippen LogP contribution in [0.2, 0.25) is 0 Å². The van der Waals surface area contributed by atoms with Crippen molar-refractivity contribution in [3.05, 3.63) is 0 Å². The average Bonchev–Trinajstić information content (AvgIpc) is 2.99. The summed E-state index contributed by atoms with van der Waals surface area (Å²) in [5, 5.41) is 0. The quantitative estimate of drug-likeness (QED) is 0.563. The van der Waals surface area contributed by atoms with Crippen molar-refractivity contribution >= 4 is 7.92 Å². The van der Waals surface area contributed by atoms with Crippen LogP contribution in [0.4, 0.5) is 0 Å². The normalized spacial score (nSPS) is 52.7. The van der Waals surface area contributed by atoms with Gasteiger partial charge < -0.3 is 0 Å². The van der Waals surface area contributed by atoms with Gasteiger partial charge in [0.2, 0.25) is 0 Å². The maximum absolute atomic E-state index is 2.66. The van der Waals surface area contributed by atoms with Gasteiger partial charge in [-0.1, -0.05) is 55.4 Å². The van der Waals surface area contributed by atoms with Crippen LogP contribution in [0.15, 0.2) is 0 Å². The second-order valence-corrected chi connectivity index (χ2v) is 11.3. The molecule has 0 nitrogen and oxygen atoms in total. The van der Waals surface area contributed by atoms with E-state index in [1.54, 1.807) is 25.4 Å². The molecule has 1 aliphatic heterocycles. The van der Waals surface area contributed by atoms with Crippen LogP contribution in [0.5, 0.6) is 0 Å². The van der Waals surface area contributed by atoms with Gasteiger partial charge in [-0.3, -0.25) is 0 Å². The van der Waals surface area contributed by atoms with E-state index >= 15 is 0 Å². The summed E-state index contributed by atoms with van der Waals surface area (Å²) in [6.07, 6.45) is 10.8. The summed E-state index contributed by atoms with van der Waals surface area (Å²) in [5.74, 6) is 1.97. The molecule has 0 N–H and O–H groups in total. The first-order valence-electron chi connectivity index (χ1n) is 8.70. The number of hydrogen-bond donors (Lipinski definition) is 0. The molecule has 0 aromatic rings. The Morgan fingerprint density at radius 3 is 2.63 bits per heavy atom. The molecule has 2 saturated carbocycles. The van der Waals surface area contributed by atoms with Crippen molar-refractivity contribution in [2.24, 2.45) is 22.7 Å². The molecule has 0 aromatic heterocycles. The molecule has 1 heteroatoms. The standard InChI is InChI=1S/C18H33P/c1-6-15-8-7-9-18(12-17(15,18)5)16-10-14(4)19(16)11-13(2)3/h13-16H,6-12H2,1-5H3. The molecule has 2 aliphatic carbocycles. The molecular weight excluding hydrogens is 247 g/mol. The monoisotopic (exact) mass is 280 g/mol. The van der Waals surface area contributed by atoms with E-state index in [9.17, 15) is 0 Å². The molecule has 6 atom stereocenters. The van der Waals surface area contributed by atoms with Crippen molar-refractivity contribution < 1.29 is 0 Å². The minimum atomic E-state index is 0.352. The Labute approximate surface area is 121 Å². The Kier molecular flexibility index (Phi) is 3.57. The van der Waals surface area contributed by atoms with Gasteiger partial charge >= 0.3 is 0 Å². The molecule has 0 spiro atoms. The molecule has 0 aromatic carbocycles. The van der Waals surface area contributed by atoms with Crippen LogP contribution in [-0.4, -0.2) is 17.5 Å². The van der Waals surface area contributed by atoms with Gasteiger partial charge in [-0.05, 0) is 65.8 Å². The predicted octanol–water partition coefficient (Wildman–Crippen LogP) is 5.89. The van der Waals surface area contributed by atoms with Crippen molar-refractivity contribution in [3.63, 3.8) is 0 Å². The van der Waals surface area contributed by atoms with Gasteiger partial charge in [-0.2, -0.15) is 0 Å². The van der Waals surface area contributed by atoms with E-state index < -0.39 is 0 Å². The summed E-state index contributed by atoms with van der Waals surface area (Å²) in [4.78, 5) is 0. The minimum Gasteiger partial charge on any atom is -0.0997 e. The fourth-order valence-corrected chi connectivity index (χ4v) is 9.77. The molecule has 0 amide bonds. The van der Waals surface area contributed by atoms with Gasteiger partial charge in [0.05, 0.1) is 0 Å². The summed E-state index contributed by atoms with van der Waals surface area (Å²) in [6.45, 7) is 12.5. The summed E-state index contributed by atoms with van der Waals surface area (Å²) >= 11 is 0. The van der Waals surface area contributed by atoms with Crippen molar-refractivity contribution in [2.75, 3.05) is 6.16 Å². The number of hydrogen-bond acceptors (Lipinski definition) is 0. The Bertz CT molecular complexity index is 350. The van der Waals surface area contributed by atoms with Crippen LogP contribution in [0.1, 0.15) is 73.1 Å². The molecule has 3 fully saturated rings. The number of rotatable bonds is 4. The Morgan fingerprint density at radius 2 is 2.05 bits per heavy atom. The zero-order valence-corrected chi connectivity index (χ0v) is 14.6. The van der Waals surface area contributed by atoms with Gasteiger partial charge in [-0.25, -0.2) is 0 Å². The molecule has 0 bridgehead atoms. The highest BCUT2D eigenvalue weighted by molar-refractivity contribution is 7.60. The summed E-state index contributed by atoms with van der Waals surface area (Å²) < 4.78 is 0. The molecular formula is C18H33P. The Hall–Kier alpha value is 0.430. The van der Waals surface area contributed by atoms with Crippen molar-refractivity contribution in [3.8, 4) is 0 Å². The second-order valence-electron chi connectivity index (χ2n) is 8.44. The molecule has 19 heavy (non-hydrogen) atoms. The highest BCUT2D eigenvalue weighted by Crippen LogP contribution is 2.83. The largest absolute Gasteiger partial charge is 0.0997 e. The summed E-state index contributed by atoms with van der Waals surface area (Å²) in [6, 6.07) is 0. The Balaban J connectivity index is 1.76. The lowest BCUT2D eigenvalue weighted by Gasteiger charge is -2.53. The van der Waals surface area contributed by atoms with E-state index in [4.69, 9.17) is 0 Å². The first kappa shape index (κ1) is 14.4. The van der Waals surface area contributed by atoms with Gasteiger partial charge in [0.1, 0.15) is 0 Å². The van der Waals surface area contributed by atoms with Crippen LogP contribution in [0, 0.1) is 22.7 Å². The van der Waals surface area contributed by atoms with Crippen LogP contribution >= 0.6 is 7.92 Å². The SMILES string of the molecule is CCC1CCCC2(C3CC(C)P3CC(C)C)CC12C. The zero-order chi connectivity index (χ0) is 13.8. The third kappa shape index (κ3) is 1.96. The van der Waals surface area contributed by atoms with Gasteiger partial charge in [0, 0.05) is 0 Å². The first-order chi connectivity index (χ1) is 8.94. The lowest BCUT2D eigenvalue weighted by atomic mass is 9.70. The smallest absolute Gasteiger partial charge is 0.0139 e. The molecule has 3 rings (SSSR count). The van der Waals surface area contributed by atoms with E-state index in [1.807, 2.05) is 0 Å². The Morgan fingerprint density at radius 1 is 1.32 bits per heavy atom. The predicted molar refractivity (Wildman–Crippen MR) is 87.3 cm³/mol. The van der Waals surface area contributed by atoms with Crippen molar-refractivity contribution in [1.29, 1.82) is 0 Å². The molecule has 3 aliphatic rings. The van der Waals surface area contributed by atoms with Crippen LogP contribution in [-0.2, 0) is 0 Å². The lowest BCUT2D eigenvalue weighted by molar-refractivity contribution is 0.151. The third-order valence-corrected chi connectivity index (χ3v) is 11.0. The first-order valence-corrected chi connectivity index (χ1v) is 10.4. The highest BCUT2D eigenvalue weighted by Gasteiger charge is 2.73. The van der Waals surface area contributed by atoms with Crippen LogP contribution < -0.4 is 0 Å². The molecule has 1 saturated heterocycles. The topological polar surface area (TPSA) is 0 Å². The van der Waals surface area contributed by atoms with E-state index in [0.29, 0.717) is 7.92 Å². The van der Waals surface area contributed by atoms with E-state index in [1.165, 1.54) is 19.3 Å². The summed E-state index contributed by atoms with van der Waals surface area (Å²) in [5.41, 5.74) is 3.80. The number of fused-ring (bicyclic) bond motifs is 1. The van der Waals surface area contributed by atoms with E-state index in [0.717, 1.165) is 34.0 Å². The molecule has 110 valence electrons. The average molecular weight is 280 g/mol. The maximum atomic E-state index is 2.66. The highest BCUT2D eigenvalue weighted by atomic mass is 31.1. The van der Waals surface area contributed by atoms with Gasteiger partial charge in [0.25, 0.3) is 0 Å². The second kappa shape index (κ2) is 4.72. The lowest BCUT2D eigenvalue weighted by Crippen LogP contribution is -2.42. The van der Waals surface area contributed by atoms with Gasteiger partial charge in [0.15, 0.2) is 0 Å². The fourth-order valence-electron chi connectivity index (χ4n) is 5.87. The summed E-state index contributed by atoms with van der Waals surface area (Å²) in [7, 11) is 0.352. The van der Waals surface area contributed by atoms with Gasteiger partial charge in [-0.15, -0.1) is 0 Å². The molecule has 1 heterocycles. The zero-order valence-electron chi connectivity index (χ0n) is 13.7. The minimum absolute atomic E-state index is 0.352. The van der Waals surface area contributed by atoms with Crippen molar-refractivity contribution in [2.45, 2.75) is 84.5 Å². The van der Waals surface area contributed by atoms with Crippen LogP contribution in [0.25, 0.3) is 0 Å². The molecule has 6 unspecified atom stereocenters. The molecule has 0 radical (unpaired) electrons. The van der Waals surface area contributed by atoms with E-state index in [2.05, 4.69) is 34.6 Å². The maximum Gasteiger partial charge on any atom is -0.0139 e. The third-order valence-electron chi connectivity index (χ3n) is 7.01. The fraction of sp³-hybridized carbons (Fsp3) is 1.00.